The summed E-state index contributed by atoms with van der Waals surface area (Å²) < 4.78 is 5.14. The molecule has 0 fully saturated rings. The Bertz CT molecular complexity index is 1050. The van der Waals surface area contributed by atoms with E-state index in [2.05, 4.69) is 9.97 Å². The monoisotopic (exact) mass is 399 g/mol. The lowest BCUT2D eigenvalue weighted by Gasteiger charge is -2.20. The van der Waals surface area contributed by atoms with Gasteiger partial charge in [-0.3, -0.25) is 9.59 Å². The van der Waals surface area contributed by atoms with Crippen LogP contribution in [0.4, 0.5) is 0 Å². The van der Waals surface area contributed by atoms with Crippen molar-refractivity contribution in [1.82, 2.24) is 14.9 Å². The maximum atomic E-state index is 12.7. The number of nitrogens with zero attached hydrogens (tertiary/aromatic N) is 2. The maximum Gasteiger partial charge on any atom is 0.258 e. The van der Waals surface area contributed by atoms with E-state index >= 15 is 0 Å². The molecule has 6 nitrogen and oxygen atoms in total. The third kappa shape index (κ3) is 4.51. The molecule has 1 heterocycles. The van der Waals surface area contributed by atoms with Crippen LogP contribution in [0.2, 0.25) is 5.02 Å². The summed E-state index contributed by atoms with van der Waals surface area (Å²) in [5.74, 6) is 1.08. The molecule has 146 valence electrons. The summed E-state index contributed by atoms with van der Waals surface area (Å²) >= 11 is 6.14. The number of fused-ring (bicyclic) bond motifs is 1. The summed E-state index contributed by atoms with van der Waals surface area (Å²) in [4.78, 5) is 33.8. The zero-order valence-electron chi connectivity index (χ0n) is 15.9. The number of para-hydroxylation sites is 1. The average Bonchev–Trinajstić information content (AvgIpc) is 2.70. The third-order valence-electron chi connectivity index (χ3n) is 4.58. The number of aryl methyl sites for hydroxylation is 1. The Morgan fingerprint density at radius 2 is 2.04 bits per heavy atom. The highest BCUT2D eigenvalue weighted by atomic mass is 35.5. The number of carbonyl (C=O) groups is 1. The van der Waals surface area contributed by atoms with E-state index in [0.29, 0.717) is 46.9 Å². The van der Waals surface area contributed by atoms with Gasteiger partial charge in [0.05, 0.1) is 29.6 Å². The van der Waals surface area contributed by atoms with Crippen LogP contribution < -0.4 is 10.3 Å². The smallest absolute Gasteiger partial charge is 0.258 e. The topological polar surface area (TPSA) is 75.3 Å². The number of rotatable bonds is 7. The van der Waals surface area contributed by atoms with Crippen LogP contribution in [0.3, 0.4) is 0 Å². The van der Waals surface area contributed by atoms with Gasteiger partial charge in [-0.1, -0.05) is 29.8 Å². The van der Waals surface area contributed by atoms with Gasteiger partial charge in [0.25, 0.3) is 5.56 Å². The van der Waals surface area contributed by atoms with Gasteiger partial charge in [-0.2, -0.15) is 0 Å². The number of halogens is 1. The van der Waals surface area contributed by atoms with E-state index < -0.39 is 0 Å². The van der Waals surface area contributed by atoms with Gasteiger partial charge < -0.3 is 14.6 Å². The Morgan fingerprint density at radius 3 is 2.75 bits per heavy atom. The van der Waals surface area contributed by atoms with E-state index in [9.17, 15) is 9.59 Å². The Kier molecular flexibility index (Phi) is 6.31. The SMILES string of the molecule is CCN(Cc1nc2ccccc2c(=O)[nH]1)C(=O)CCc1ccc(OC)c(Cl)c1. The molecular formula is C21H22ClN3O3. The first-order chi connectivity index (χ1) is 13.5. The second-order valence-electron chi connectivity index (χ2n) is 6.41. The molecule has 0 atom stereocenters. The Balaban J connectivity index is 1.68. The van der Waals surface area contributed by atoms with Crippen LogP contribution in [0, 0.1) is 0 Å². The number of methoxy groups -OCH3 is 1. The van der Waals surface area contributed by atoms with Gasteiger partial charge >= 0.3 is 0 Å². The van der Waals surface area contributed by atoms with Crippen LogP contribution in [-0.2, 0) is 17.8 Å². The van der Waals surface area contributed by atoms with E-state index in [1.807, 2.05) is 25.1 Å². The summed E-state index contributed by atoms with van der Waals surface area (Å²) in [6.45, 7) is 2.69. The van der Waals surface area contributed by atoms with Crippen molar-refractivity contribution < 1.29 is 9.53 Å². The van der Waals surface area contributed by atoms with Crippen molar-refractivity contribution in [3.8, 4) is 5.75 Å². The number of ether oxygens (including phenoxy) is 1. The summed E-state index contributed by atoms with van der Waals surface area (Å²) in [7, 11) is 1.56. The maximum absolute atomic E-state index is 12.7. The fourth-order valence-corrected chi connectivity index (χ4v) is 3.32. The molecular weight excluding hydrogens is 378 g/mol. The van der Waals surface area contributed by atoms with Gasteiger partial charge in [0, 0.05) is 13.0 Å². The Hall–Kier alpha value is -2.86. The fraction of sp³-hybridized carbons (Fsp3) is 0.286. The molecule has 0 bridgehead atoms. The van der Waals surface area contributed by atoms with Crippen LogP contribution in [0.1, 0.15) is 24.7 Å². The van der Waals surface area contributed by atoms with E-state index in [1.54, 1.807) is 36.3 Å². The van der Waals surface area contributed by atoms with Gasteiger partial charge in [0.15, 0.2) is 0 Å². The van der Waals surface area contributed by atoms with Crippen molar-refractivity contribution in [1.29, 1.82) is 0 Å². The van der Waals surface area contributed by atoms with Crippen LogP contribution in [0.15, 0.2) is 47.3 Å². The number of hydrogen-bond donors (Lipinski definition) is 1. The van der Waals surface area contributed by atoms with Gasteiger partial charge in [-0.15, -0.1) is 0 Å². The fourth-order valence-electron chi connectivity index (χ4n) is 3.04. The van der Waals surface area contributed by atoms with Crippen molar-refractivity contribution >= 4 is 28.4 Å². The highest BCUT2D eigenvalue weighted by Gasteiger charge is 2.15. The number of aromatic amines is 1. The number of aromatic nitrogens is 2. The molecule has 0 aliphatic rings. The third-order valence-corrected chi connectivity index (χ3v) is 4.88. The molecule has 0 aliphatic carbocycles. The minimum Gasteiger partial charge on any atom is -0.495 e. The molecule has 1 amide bonds. The molecule has 1 N–H and O–H groups in total. The van der Waals surface area contributed by atoms with Crippen molar-refractivity contribution in [3.63, 3.8) is 0 Å². The van der Waals surface area contributed by atoms with Gasteiger partial charge in [0.1, 0.15) is 11.6 Å². The van der Waals surface area contributed by atoms with Crippen LogP contribution in [0.25, 0.3) is 10.9 Å². The molecule has 2 aromatic carbocycles. The molecule has 0 spiro atoms. The second-order valence-corrected chi connectivity index (χ2v) is 6.81. The summed E-state index contributed by atoms with van der Waals surface area (Å²) in [6.07, 6.45) is 0.912. The van der Waals surface area contributed by atoms with E-state index in [1.165, 1.54) is 0 Å². The number of nitrogens with one attached hydrogen (secondary N) is 1. The summed E-state index contributed by atoms with van der Waals surface area (Å²) in [5.41, 5.74) is 1.39. The number of benzene rings is 2. The largest absolute Gasteiger partial charge is 0.495 e. The lowest BCUT2D eigenvalue weighted by molar-refractivity contribution is -0.131. The molecule has 0 saturated heterocycles. The van der Waals surface area contributed by atoms with Crippen molar-refractivity contribution in [3.05, 3.63) is 69.2 Å². The first-order valence-electron chi connectivity index (χ1n) is 9.10. The van der Waals surface area contributed by atoms with Crippen molar-refractivity contribution in [2.75, 3.05) is 13.7 Å². The molecule has 0 unspecified atom stereocenters. The predicted octanol–water partition coefficient (Wildman–Crippen LogP) is 3.57. The van der Waals surface area contributed by atoms with E-state index in [-0.39, 0.29) is 18.0 Å². The minimum atomic E-state index is -0.197. The number of carbonyl (C=O) groups excluding carboxylic acids is 1. The standard InChI is InChI=1S/C21H22ClN3O3/c1-3-25(13-19-23-17-7-5-4-6-15(17)21(27)24-19)20(26)11-9-14-8-10-18(28-2)16(22)12-14/h4-8,10,12H,3,9,11,13H2,1-2H3,(H,23,24,27). The van der Waals surface area contributed by atoms with Crippen LogP contribution in [-0.4, -0.2) is 34.4 Å². The minimum absolute atomic E-state index is 0.00903. The molecule has 3 aromatic rings. The zero-order chi connectivity index (χ0) is 20.1. The van der Waals surface area contributed by atoms with E-state index in [4.69, 9.17) is 16.3 Å². The molecule has 3 rings (SSSR count). The van der Waals surface area contributed by atoms with Crippen molar-refractivity contribution in [2.45, 2.75) is 26.3 Å². The zero-order valence-corrected chi connectivity index (χ0v) is 16.6. The summed E-state index contributed by atoms with van der Waals surface area (Å²) in [5, 5.41) is 1.06. The van der Waals surface area contributed by atoms with Gasteiger partial charge in [0.2, 0.25) is 5.91 Å². The first kappa shape index (κ1) is 19.9. The quantitative estimate of drug-likeness (QED) is 0.659. The lowest BCUT2D eigenvalue weighted by atomic mass is 10.1. The number of amides is 1. The highest BCUT2D eigenvalue weighted by Crippen LogP contribution is 2.25. The molecule has 28 heavy (non-hydrogen) atoms. The number of hydrogen-bond acceptors (Lipinski definition) is 4. The molecule has 0 radical (unpaired) electrons. The molecule has 1 aromatic heterocycles. The Labute approximate surface area is 168 Å². The predicted molar refractivity (Wildman–Crippen MR) is 110 cm³/mol. The average molecular weight is 400 g/mol. The first-order valence-corrected chi connectivity index (χ1v) is 9.47. The summed E-state index contributed by atoms with van der Waals surface area (Å²) in [6, 6.07) is 12.7. The molecule has 7 heteroatoms. The van der Waals surface area contributed by atoms with Gasteiger partial charge in [-0.05, 0) is 43.2 Å². The van der Waals surface area contributed by atoms with Crippen LogP contribution in [0.5, 0.6) is 5.75 Å². The van der Waals surface area contributed by atoms with Crippen LogP contribution >= 0.6 is 11.6 Å². The van der Waals surface area contributed by atoms with E-state index in [0.717, 1.165) is 5.56 Å². The number of H-pyrrole nitrogens is 1. The Morgan fingerprint density at radius 1 is 1.25 bits per heavy atom. The van der Waals surface area contributed by atoms with Crippen molar-refractivity contribution in [2.24, 2.45) is 0 Å². The molecule has 0 saturated carbocycles. The lowest BCUT2D eigenvalue weighted by Crippen LogP contribution is -2.32. The highest BCUT2D eigenvalue weighted by molar-refractivity contribution is 6.32. The molecule has 0 aliphatic heterocycles. The normalized spacial score (nSPS) is 10.8. The van der Waals surface area contributed by atoms with Gasteiger partial charge in [-0.25, -0.2) is 4.98 Å². The second kappa shape index (κ2) is 8.89.